The first-order valence-corrected chi connectivity index (χ1v) is 7.71. The van der Waals surface area contributed by atoms with Gasteiger partial charge in [0.25, 0.3) is 0 Å². The fourth-order valence-electron chi connectivity index (χ4n) is 2.18. The molecule has 20 heavy (non-hydrogen) atoms. The van der Waals surface area contributed by atoms with Crippen LogP contribution >= 0.6 is 0 Å². The number of benzene rings is 1. The zero-order chi connectivity index (χ0) is 14.9. The van der Waals surface area contributed by atoms with E-state index in [0.717, 1.165) is 5.71 Å². The molecule has 6 nitrogen and oxygen atoms in total. The molecule has 1 aliphatic rings. The predicted molar refractivity (Wildman–Crippen MR) is 72.8 cm³/mol. The van der Waals surface area contributed by atoms with E-state index < -0.39 is 21.9 Å². The third kappa shape index (κ3) is 2.82. The number of carboxylic acid groups (broad SMARTS) is 1. The lowest BCUT2D eigenvalue weighted by molar-refractivity contribution is 0.0696. The summed E-state index contributed by atoms with van der Waals surface area (Å²) in [7, 11) is -3.62. The molecule has 0 saturated carbocycles. The molecule has 0 radical (unpaired) electrons. The molecule has 0 amide bonds. The molecule has 108 valence electrons. The van der Waals surface area contributed by atoms with Crippen molar-refractivity contribution < 1.29 is 23.2 Å². The van der Waals surface area contributed by atoms with Crippen molar-refractivity contribution >= 4 is 21.5 Å². The van der Waals surface area contributed by atoms with Gasteiger partial charge in [-0.1, -0.05) is 11.2 Å². The summed E-state index contributed by atoms with van der Waals surface area (Å²) in [5.41, 5.74) is 0.989. The first-order valence-electron chi connectivity index (χ1n) is 6.06. The Morgan fingerprint density at radius 1 is 1.45 bits per heavy atom. The van der Waals surface area contributed by atoms with Crippen LogP contribution in [0.4, 0.5) is 0 Å². The Bertz CT molecular complexity index is 678. The molecule has 2 rings (SSSR count). The molecule has 1 aromatic rings. The number of carbonyl (C=O) groups is 1. The van der Waals surface area contributed by atoms with Gasteiger partial charge in [0.15, 0.2) is 9.84 Å². The van der Waals surface area contributed by atoms with Crippen LogP contribution in [0.3, 0.4) is 0 Å². The average Bonchev–Trinajstić information content (AvgIpc) is 2.73. The second-order valence-corrected chi connectivity index (χ2v) is 6.78. The highest BCUT2D eigenvalue weighted by molar-refractivity contribution is 7.91. The van der Waals surface area contributed by atoms with Crippen LogP contribution in [0, 0.1) is 6.92 Å². The molecular formula is C13H15NO5S. The third-order valence-corrected chi connectivity index (χ3v) is 5.06. The highest BCUT2D eigenvalue weighted by Crippen LogP contribution is 2.23. The van der Waals surface area contributed by atoms with Crippen LogP contribution in [-0.2, 0) is 14.7 Å². The normalized spacial score (nSPS) is 18.5. The van der Waals surface area contributed by atoms with Gasteiger partial charge in [-0.25, -0.2) is 13.2 Å². The van der Waals surface area contributed by atoms with Crippen molar-refractivity contribution in [2.45, 2.75) is 31.3 Å². The van der Waals surface area contributed by atoms with Gasteiger partial charge in [-0.15, -0.1) is 0 Å². The molecule has 7 heteroatoms. The minimum Gasteiger partial charge on any atom is -0.478 e. The van der Waals surface area contributed by atoms with Gasteiger partial charge in [0.1, 0.15) is 6.10 Å². The van der Waals surface area contributed by atoms with Gasteiger partial charge in [0, 0.05) is 6.42 Å². The van der Waals surface area contributed by atoms with E-state index in [4.69, 9.17) is 9.94 Å². The van der Waals surface area contributed by atoms with Crippen molar-refractivity contribution in [2.24, 2.45) is 5.16 Å². The number of nitrogens with zero attached hydrogens (tertiary/aromatic N) is 1. The maximum atomic E-state index is 12.4. The van der Waals surface area contributed by atoms with Crippen LogP contribution in [0.15, 0.2) is 28.3 Å². The van der Waals surface area contributed by atoms with Gasteiger partial charge in [-0.2, -0.15) is 0 Å². The van der Waals surface area contributed by atoms with E-state index in [1.165, 1.54) is 25.1 Å². The maximum Gasteiger partial charge on any atom is 0.335 e. The lowest BCUT2D eigenvalue weighted by Crippen LogP contribution is -2.22. The van der Waals surface area contributed by atoms with E-state index in [-0.39, 0.29) is 21.8 Å². The van der Waals surface area contributed by atoms with E-state index in [1.807, 2.05) is 0 Å². The van der Waals surface area contributed by atoms with Gasteiger partial charge in [-0.05, 0) is 31.5 Å². The standard InChI is InChI=1S/C13H15NO5S/c1-8-6-10(19-14-8)7-20(17,18)12-5-3-4-11(9(12)2)13(15)16/h3-5,10H,6-7H2,1-2H3,(H,15,16). The van der Waals surface area contributed by atoms with Crippen molar-refractivity contribution in [3.63, 3.8) is 0 Å². The minimum absolute atomic E-state index is 0.00848. The smallest absolute Gasteiger partial charge is 0.335 e. The number of sulfone groups is 1. The molecule has 1 N–H and O–H groups in total. The largest absolute Gasteiger partial charge is 0.478 e. The monoisotopic (exact) mass is 297 g/mol. The molecule has 0 aliphatic carbocycles. The summed E-state index contributed by atoms with van der Waals surface area (Å²) < 4.78 is 24.7. The fourth-order valence-corrected chi connectivity index (χ4v) is 3.89. The molecule has 1 aliphatic heterocycles. The second-order valence-electron chi connectivity index (χ2n) is 4.77. The van der Waals surface area contributed by atoms with Gasteiger partial charge in [-0.3, -0.25) is 0 Å². The Hall–Kier alpha value is -1.89. The van der Waals surface area contributed by atoms with Crippen LogP contribution in [0.25, 0.3) is 0 Å². The average molecular weight is 297 g/mol. The van der Waals surface area contributed by atoms with E-state index >= 15 is 0 Å². The highest BCUT2D eigenvalue weighted by atomic mass is 32.2. The maximum absolute atomic E-state index is 12.4. The van der Waals surface area contributed by atoms with Gasteiger partial charge < -0.3 is 9.94 Å². The van der Waals surface area contributed by atoms with E-state index in [1.54, 1.807) is 6.92 Å². The van der Waals surface area contributed by atoms with Crippen LogP contribution in [-0.4, -0.2) is 37.1 Å². The van der Waals surface area contributed by atoms with Gasteiger partial charge in [0.2, 0.25) is 0 Å². The van der Waals surface area contributed by atoms with Crippen molar-refractivity contribution in [3.8, 4) is 0 Å². The zero-order valence-electron chi connectivity index (χ0n) is 11.2. The predicted octanol–water partition coefficient (Wildman–Crippen LogP) is 1.63. The molecule has 1 atom stereocenters. The Morgan fingerprint density at radius 2 is 2.15 bits per heavy atom. The summed E-state index contributed by atoms with van der Waals surface area (Å²) in [6.07, 6.45) is -0.0374. The highest BCUT2D eigenvalue weighted by Gasteiger charge is 2.28. The van der Waals surface area contributed by atoms with Crippen molar-refractivity contribution in [2.75, 3.05) is 5.75 Å². The third-order valence-electron chi connectivity index (χ3n) is 3.14. The first-order chi connectivity index (χ1) is 9.31. The number of hydrogen-bond donors (Lipinski definition) is 1. The summed E-state index contributed by atoms with van der Waals surface area (Å²) in [6.45, 7) is 3.26. The molecule has 1 unspecified atom stereocenters. The number of carboxylic acids is 1. The number of hydrogen-bond acceptors (Lipinski definition) is 5. The number of aromatic carboxylic acids is 1. The second kappa shape index (κ2) is 5.24. The molecule has 1 aromatic carbocycles. The molecule has 0 fully saturated rings. The van der Waals surface area contributed by atoms with Gasteiger partial charge >= 0.3 is 5.97 Å². The van der Waals surface area contributed by atoms with E-state index in [0.29, 0.717) is 6.42 Å². The van der Waals surface area contributed by atoms with Crippen LogP contribution < -0.4 is 0 Å². The van der Waals surface area contributed by atoms with Crippen LogP contribution in [0.1, 0.15) is 29.3 Å². The lowest BCUT2D eigenvalue weighted by Gasteiger charge is -2.12. The zero-order valence-corrected chi connectivity index (χ0v) is 12.0. The Kier molecular flexibility index (Phi) is 3.80. The minimum atomic E-state index is -3.62. The molecular weight excluding hydrogens is 282 g/mol. The van der Waals surface area contributed by atoms with Crippen molar-refractivity contribution in [3.05, 3.63) is 29.3 Å². The Labute approximate surface area is 117 Å². The van der Waals surface area contributed by atoms with Crippen LogP contribution in [0.5, 0.6) is 0 Å². The number of rotatable bonds is 4. The fraction of sp³-hybridized carbons (Fsp3) is 0.385. The first kappa shape index (κ1) is 14.5. The molecule has 0 saturated heterocycles. The summed E-state index contributed by atoms with van der Waals surface area (Å²) in [6, 6.07) is 4.23. The Balaban J connectivity index is 2.31. The molecule has 0 aromatic heterocycles. The SMILES string of the molecule is CC1=NOC(CS(=O)(=O)c2cccc(C(=O)O)c2C)C1. The lowest BCUT2D eigenvalue weighted by atomic mass is 10.1. The summed E-state index contributed by atoms with van der Waals surface area (Å²) in [5, 5.41) is 12.8. The topological polar surface area (TPSA) is 93.0 Å². The summed E-state index contributed by atoms with van der Waals surface area (Å²) >= 11 is 0. The quantitative estimate of drug-likeness (QED) is 0.911. The van der Waals surface area contributed by atoms with Crippen LogP contribution in [0.2, 0.25) is 0 Å². The van der Waals surface area contributed by atoms with Crippen molar-refractivity contribution in [1.29, 1.82) is 0 Å². The Morgan fingerprint density at radius 3 is 2.70 bits per heavy atom. The molecule has 0 bridgehead atoms. The van der Waals surface area contributed by atoms with Crippen molar-refractivity contribution in [1.82, 2.24) is 0 Å². The summed E-state index contributed by atoms with van der Waals surface area (Å²) in [4.78, 5) is 16.1. The number of oxime groups is 1. The van der Waals surface area contributed by atoms with E-state index in [2.05, 4.69) is 5.16 Å². The molecule has 1 heterocycles. The molecule has 0 spiro atoms. The van der Waals surface area contributed by atoms with Gasteiger partial charge in [0.05, 0.1) is 21.9 Å². The van der Waals surface area contributed by atoms with E-state index in [9.17, 15) is 13.2 Å². The summed E-state index contributed by atoms with van der Waals surface area (Å²) in [5.74, 6) is -1.35.